The Balaban J connectivity index is 1.59. The molecule has 0 N–H and O–H groups in total. The quantitative estimate of drug-likeness (QED) is 0.274. The van der Waals surface area contributed by atoms with Crippen LogP contribution in [0.5, 0.6) is 0 Å². The van der Waals surface area contributed by atoms with Crippen molar-refractivity contribution in [1.82, 2.24) is 24.5 Å². The summed E-state index contributed by atoms with van der Waals surface area (Å²) in [6.45, 7) is 0. The van der Waals surface area contributed by atoms with Crippen molar-refractivity contribution in [2.45, 2.75) is 0 Å². The molecule has 36 heavy (non-hydrogen) atoms. The van der Waals surface area contributed by atoms with Crippen LogP contribution in [0.1, 0.15) is 0 Å². The fraction of sp³-hybridized carbons (Fsp3) is 0. The Morgan fingerprint density at radius 1 is 0.583 bits per heavy atom. The van der Waals surface area contributed by atoms with Crippen LogP contribution in [0.25, 0.3) is 72.0 Å². The molecule has 0 saturated carbocycles. The van der Waals surface area contributed by atoms with Crippen LogP contribution in [0.4, 0.5) is 0 Å². The van der Waals surface area contributed by atoms with Gasteiger partial charge in [-0.05, 0) is 30.3 Å². The Kier molecular flexibility index (Phi) is 3.85. The van der Waals surface area contributed by atoms with Gasteiger partial charge in [-0.2, -0.15) is 0 Å². The number of aromatic nitrogens is 5. The Labute approximate surface area is 204 Å². The first-order chi connectivity index (χ1) is 17.9. The van der Waals surface area contributed by atoms with Gasteiger partial charge < -0.3 is 4.42 Å². The van der Waals surface area contributed by atoms with Crippen molar-refractivity contribution in [2.24, 2.45) is 0 Å². The molecule has 6 heteroatoms. The Hall–Kier alpha value is -5.10. The first kappa shape index (κ1) is 19.2. The van der Waals surface area contributed by atoms with Crippen molar-refractivity contribution in [3.05, 3.63) is 104 Å². The van der Waals surface area contributed by atoms with E-state index in [9.17, 15) is 0 Å². The number of fused-ring (bicyclic) bond motifs is 9. The summed E-state index contributed by atoms with van der Waals surface area (Å²) < 4.78 is 8.55. The third-order valence-electron chi connectivity index (χ3n) is 6.78. The van der Waals surface area contributed by atoms with Crippen molar-refractivity contribution >= 4 is 54.8 Å². The van der Waals surface area contributed by atoms with Crippen LogP contribution >= 0.6 is 0 Å². The van der Waals surface area contributed by atoms with Crippen molar-refractivity contribution in [2.75, 3.05) is 0 Å². The van der Waals surface area contributed by atoms with Gasteiger partial charge in [-0.3, -0.25) is 14.5 Å². The van der Waals surface area contributed by atoms with Gasteiger partial charge in [-0.1, -0.05) is 54.6 Å². The lowest BCUT2D eigenvalue weighted by atomic mass is 10.1. The van der Waals surface area contributed by atoms with Gasteiger partial charge in [0.1, 0.15) is 16.6 Å². The SMILES string of the molecule is c1ccc(-c2ccnc(-n3c4c(ccc5nccnc54)c4ccc5c6ccccc6oc5c43)n2)cc1. The Bertz CT molecular complexity index is 2110. The number of furan rings is 1. The molecule has 0 atom stereocenters. The van der Waals surface area contributed by atoms with Crippen LogP contribution in [0, 0.1) is 0 Å². The minimum atomic E-state index is 0.558. The summed E-state index contributed by atoms with van der Waals surface area (Å²) in [5.41, 5.74) is 6.96. The molecule has 6 nitrogen and oxygen atoms in total. The molecule has 8 aromatic rings. The molecule has 4 aromatic carbocycles. The molecule has 8 rings (SSSR count). The zero-order valence-corrected chi connectivity index (χ0v) is 19.0. The minimum Gasteiger partial charge on any atom is -0.454 e. The number of para-hydroxylation sites is 1. The van der Waals surface area contributed by atoms with Crippen LogP contribution in [0.15, 0.2) is 108 Å². The Morgan fingerprint density at radius 3 is 2.31 bits per heavy atom. The van der Waals surface area contributed by atoms with E-state index in [1.807, 2.05) is 48.5 Å². The standard InChI is InChI=1S/C30H17N5O/c1-2-6-18(7-3-1)23-14-15-33-30(34-23)35-27-20(12-13-24-26(27)32-17-16-31-24)21-10-11-22-19-8-4-5-9-25(19)36-29(22)28(21)35/h1-17H. The second-order valence-corrected chi connectivity index (χ2v) is 8.77. The maximum absolute atomic E-state index is 6.47. The molecule has 0 aliphatic carbocycles. The lowest BCUT2D eigenvalue weighted by molar-refractivity contribution is 0.671. The maximum atomic E-state index is 6.47. The van der Waals surface area contributed by atoms with Crippen molar-refractivity contribution < 1.29 is 4.42 Å². The lowest BCUT2D eigenvalue weighted by Gasteiger charge is -2.09. The van der Waals surface area contributed by atoms with E-state index < -0.39 is 0 Å². The van der Waals surface area contributed by atoms with E-state index in [1.54, 1.807) is 18.6 Å². The summed E-state index contributed by atoms with van der Waals surface area (Å²) in [4.78, 5) is 19.0. The first-order valence-electron chi connectivity index (χ1n) is 11.7. The van der Waals surface area contributed by atoms with E-state index in [0.717, 1.165) is 66.0 Å². The van der Waals surface area contributed by atoms with Crippen LogP contribution in [0.3, 0.4) is 0 Å². The normalized spacial score (nSPS) is 11.9. The number of benzene rings is 4. The fourth-order valence-electron chi connectivity index (χ4n) is 5.22. The van der Waals surface area contributed by atoms with Gasteiger partial charge in [0.2, 0.25) is 5.95 Å². The third kappa shape index (κ3) is 2.61. The highest BCUT2D eigenvalue weighted by Crippen LogP contribution is 2.41. The predicted octanol–water partition coefficient (Wildman–Crippen LogP) is 7.08. The lowest BCUT2D eigenvalue weighted by Crippen LogP contribution is -2.02. The molecule has 0 aliphatic rings. The highest BCUT2D eigenvalue weighted by atomic mass is 16.3. The molecular weight excluding hydrogens is 446 g/mol. The fourth-order valence-corrected chi connectivity index (χ4v) is 5.22. The van der Waals surface area contributed by atoms with E-state index in [-0.39, 0.29) is 0 Å². The van der Waals surface area contributed by atoms with E-state index in [1.165, 1.54) is 0 Å². The number of rotatable bonds is 2. The number of hydrogen-bond acceptors (Lipinski definition) is 5. The van der Waals surface area contributed by atoms with Crippen molar-refractivity contribution in [3.63, 3.8) is 0 Å². The van der Waals surface area contributed by atoms with Crippen LogP contribution in [-0.4, -0.2) is 24.5 Å². The molecule has 0 bridgehead atoms. The molecule has 4 aromatic heterocycles. The van der Waals surface area contributed by atoms with E-state index >= 15 is 0 Å². The molecule has 0 saturated heterocycles. The van der Waals surface area contributed by atoms with Gasteiger partial charge in [0.05, 0.1) is 16.7 Å². The summed E-state index contributed by atoms with van der Waals surface area (Å²) in [6, 6.07) is 28.6. The smallest absolute Gasteiger partial charge is 0.235 e. The second kappa shape index (κ2) is 7.20. The summed E-state index contributed by atoms with van der Waals surface area (Å²) in [5.74, 6) is 0.558. The Morgan fingerprint density at radius 2 is 1.36 bits per heavy atom. The molecule has 0 spiro atoms. The summed E-state index contributed by atoms with van der Waals surface area (Å²) in [7, 11) is 0. The van der Waals surface area contributed by atoms with Crippen molar-refractivity contribution in [1.29, 1.82) is 0 Å². The topological polar surface area (TPSA) is 69.6 Å². The predicted molar refractivity (Wildman–Crippen MR) is 142 cm³/mol. The second-order valence-electron chi connectivity index (χ2n) is 8.77. The van der Waals surface area contributed by atoms with Crippen molar-refractivity contribution in [3.8, 4) is 17.2 Å². The van der Waals surface area contributed by atoms with Gasteiger partial charge in [-0.15, -0.1) is 0 Å². The van der Waals surface area contributed by atoms with Gasteiger partial charge in [0.25, 0.3) is 0 Å². The maximum Gasteiger partial charge on any atom is 0.235 e. The van der Waals surface area contributed by atoms with E-state index in [0.29, 0.717) is 5.95 Å². The van der Waals surface area contributed by atoms with Crippen LogP contribution in [0.2, 0.25) is 0 Å². The molecule has 0 amide bonds. The number of nitrogens with zero attached hydrogens (tertiary/aromatic N) is 5. The first-order valence-corrected chi connectivity index (χ1v) is 11.7. The van der Waals surface area contributed by atoms with Gasteiger partial charge in [0, 0.05) is 45.7 Å². The average molecular weight is 464 g/mol. The number of hydrogen-bond donors (Lipinski definition) is 0. The average Bonchev–Trinajstić information content (AvgIpc) is 3.50. The van der Waals surface area contributed by atoms with E-state index in [2.05, 4.69) is 45.9 Å². The van der Waals surface area contributed by atoms with Gasteiger partial charge in [-0.25, -0.2) is 9.97 Å². The third-order valence-corrected chi connectivity index (χ3v) is 6.78. The zero-order valence-electron chi connectivity index (χ0n) is 19.0. The summed E-state index contributed by atoms with van der Waals surface area (Å²) >= 11 is 0. The molecule has 0 unspecified atom stereocenters. The van der Waals surface area contributed by atoms with Crippen LogP contribution in [-0.2, 0) is 0 Å². The molecule has 4 heterocycles. The molecule has 0 aliphatic heterocycles. The molecule has 0 fully saturated rings. The zero-order chi connectivity index (χ0) is 23.6. The highest BCUT2D eigenvalue weighted by Gasteiger charge is 2.22. The largest absolute Gasteiger partial charge is 0.454 e. The van der Waals surface area contributed by atoms with Crippen LogP contribution < -0.4 is 0 Å². The molecule has 0 radical (unpaired) electrons. The summed E-state index contributed by atoms with van der Waals surface area (Å²) in [6.07, 6.45) is 5.24. The minimum absolute atomic E-state index is 0.558. The summed E-state index contributed by atoms with van der Waals surface area (Å²) in [5, 5.41) is 4.23. The van der Waals surface area contributed by atoms with Gasteiger partial charge in [0.15, 0.2) is 5.58 Å². The molecular formula is C30H17N5O. The monoisotopic (exact) mass is 463 g/mol. The highest BCUT2D eigenvalue weighted by molar-refractivity contribution is 6.24. The van der Waals surface area contributed by atoms with E-state index in [4.69, 9.17) is 19.4 Å². The van der Waals surface area contributed by atoms with Gasteiger partial charge >= 0.3 is 0 Å². The molecule has 168 valence electrons.